The van der Waals surface area contributed by atoms with Gasteiger partial charge in [-0.1, -0.05) is 0 Å². The highest BCUT2D eigenvalue weighted by molar-refractivity contribution is 5.75. The fourth-order valence-electron chi connectivity index (χ4n) is 1.36. The second-order valence-corrected chi connectivity index (χ2v) is 3.62. The Hall–Kier alpha value is -1.85. The Kier molecular flexibility index (Phi) is 4.68. The molecule has 0 radical (unpaired) electrons. The lowest BCUT2D eigenvalue weighted by molar-refractivity contribution is -0.138. The van der Waals surface area contributed by atoms with Crippen LogP contribution < -0.4 is 10.2 Å². The molecule has 0 spiro atoms. The molecule has 0 aliphatic heterocycles. The molecule has 94 valence electrons. The minimum Gasteiger partial charge on any atom is -0.468 e. The van der Waals surface area contributed by atoms with Gasteiger partial charge in [-0.3, -0.25) is 4.79 Å². The number of hydrogen-bond donors (Lipinski definition) is 1. The number of anilines is 2. The number of aromatic nitrogens is 2. The van der Waals surface area contributed by atoms with E-state index in [9.17, 15) is 4.79 Å². The molecule has 0 saturated carbocycles. The summed E-state index contributed by atoms with van der Waals surface area (Å²) in [5, 5.41) is 3.12. The molecule has 1 aromatic rings. The fraction of sp³-hybridized carbons (Fsp3) is 0.545. The standard InChI is InChI=1S/C11H18N4O2/c1-5-12-9-6-10(14-8(2)13-9)15(3)7-11(16)17-4/h6H,5,7H2,1-4H3,(H,12,13,14). The topological polar surface area (TPSA) is 67.4 Å². The highest BCUT2D eigenvalue weighted by Gasteiger charge is 2.10. The highest BCUT2D eigenvalue weighted by Crippen LogP contribution is 2.14. The average Bonchev–Trinajstić information content (AvgIpc) is 2.28. The summed E-state index contributed by atoms with van der Waals surface area (Å²) in [6.45, 7) is 4.76. The molecule has 1 aromatic heterocycles. The second-order valence-electron chi connectivity index (χ2n) is 3.62. The van der Waals surface area contributed by atoms with Gasteiger partial charge < -0.3 is 15.0 Å². The second kappa shape index (κ2) is 6.03. The van der Waals surface area contributed by atoms with Crippen LogP contribution in [0.2, 0.25) is 0 Å². The van der Waals surface area contributed by atoms with Gasteiger partial charge in [-0.2, -0.15) is 0 Å². The lowest BCUT2D eigenvalue weighted by Crippen LogP contribution is -2.27. The summed E-state index contributed by atoms with van der Waals surface area (Å²) in [7, 11) is 3.15. The van der Waals surface area contributed by atoms with E-state index in [2.05, 4.69) is 20.0 Å². The molecule has 0 aromatic carbocycles. The van der Waals surface area contributed by atoms with Crippen molar-refractivity contribution in [2.75, 3.05) is 37.5 Å². The van der Waals surface area contributed by atoms with Crippen LogP contribution >= 0.6 is 0 Å². The summed E-state index contributed by atoms with van der Waals surface area (Å²) in [6.07, 6.45) is 0. The van der Waals surface area contributed by atoms with Crippen molar-refractivity contribution in [3.8, 4) is 0 Å². The number of likely N-dealkylation sites (N-methyl/N-ethyl adjacent to an activating group) is 1. The van der Waals surface area contributed by atoms with Gasteiger partial charge in [0.2, 0.25) is 0 Å². The van der Waals surface area contributed by atoms with Gasteiger partial charge in [-0.25, -0.2) is 9.97 Å². The number of hydrogen-bond acceptors (Lipinski definition) is 6. The van der Waals surface area contributed by atoms with Crippen molar-refractivity contribution in [3.63, 3.8) is 0 Å². The number of methoxy groups -OCH3 is 1. The molecule has 17 heavy (non-hydrogen) atoms. The van der Waals surface area contributed by atoms with Crippen molar-refractivity contribution in [1.29, 1.82) is 0 Å². The van der Waals surface area contributed by atoms with Crippen molar-refractivity contribution < 1.29 is 9.53 Å². The van der Waals surface area contributed by atoms with Crippen LogP contribution in [0.15, 0.2) is 6.07 Å². The molecule has 0 fully saturated rings. The van der Waals surface area contributed by atoms with Crippen molar-refractivity contribution in [2.45, 2.75) is 13.8 Å². The van der Waals surface area contributed by atoms with Gasteiger partial charge >= 0.3 is 5.97 Å². The Morgan fingerprint density at radius 3 is 2.82 bits per heavy atom. The third-order valence-corrected chi connectivity index (χ3v) is 2.17. The summed E-state index contributed by atoms with van der Waals surface area (Å²) in [4.78, 5) is 21.4. The van der Waals surface area contributed by atoms with E-state index >= 15 is 0 Å². The molecule has 1 heterocycles. The summed E-state index contributed by atoms with van der Waals surface area (Å²) in [5.41, 5.74) is 0. The van der Waals surface area contributed by atoms with E-state index in [0.29, 0.717) is 11.6 Å². The van der Waals surface area contributed by atoms with Crippen LogP contribution in [0.5, 0.6) is 0 Å². The van der Waals surface area contributed by atoms with E-state index in [-0.39, 0.29) is 12.5 Å². The maximum Gasteiger partial charge on any atom is 0.325 e. The normalized spacial score (nSPS) is 9.88. The molecule has 6 nitrogen and oxygen atoms in total. The third kappa shape index (κ3) is 3.90. The monoisotopic (exact) mass is 238 g/mol. The third-order valence-electron chi connectivity index (χ3n) is 2.17. The molecule has 0 atom stereocenters. The average molecular weight is 238 g/mol. The van der Waals surface area contributed by atoms with E-state index in [1.807, 2.05) is 13.8 Å². The maximum absolute atomic E-state index is 11.2. The van der Waals surface area contributed by atoms with Crippen LogP contribution in [0.4, 0.5) is 11.6 Å². The zero-order chi connectivity index (χ0) is 12.8. The van der Waals surface area contributed by atoms with Crippen molar-refractivity contribution in [2.24, 2.45) is 0 Å². The summed E-state index contributed by atoms with van der Waals surface area (Å²) < 4.78 is 4.61. The number of carbonyl (C=O) groups excluding carboxylic acids is 1. The van der Waals surface area contributed by atoms with E-state index in [0.717, 1.165) is 12.4 Å². The Morgan fingerprint density at radius 2 is 2.24 bits per heavy atom. The summed E-state index contributed by atoms with van der Waals surface area (Å²) in [5.74, 6) is 1.81. The molecule has 0 unspecified atom stereocenters. The van der Waals surface area contributed by atoms with E-state index in [1.54, 1.807) is 18.0 Å². The fourth-order valence-corrected chi connectivity index (χ4v) is 1.36. The first kappa shape index (κ1) is 13.2. The molecular formula is C11H18N4O2. The quantitative estimate of drug-likeness (QED) is 0.766. The first-order valence-electron chi connectivity index (χ1n) is 5.44. The van der Waals surface area contributed by atoms with Crippen molar-refractivity contribution >= 4 is 17.6 Å². The molecular weight excluding hydrogens is 220 g/mol. The summed E-state index contributed by atoms with van der Waals surface area (Å²) >= 11 is 0. The SMILES string of the molecule is CCNc1cc(N(C)CC(=O)OC)nc(C)n1. The number of aryl methyl sites for hydroxylation is 1. The van der Waals surface area contributed by atoms with E-state index in [4.69, 9.17) is 0 Å². The first-order valence-corrected chi connectivity index (χ1v) is 5.44. The predicted octanol–water partition coefficient (Wildman–Crippen LogP) is 0.826. The van der Waals surface area contributed by atoms with Crippen LogP contribution in [0.25, 0.3) is 0 Å². The molecule has 0 saturated heterocycles. The van der Waals surface area contributed by atoms with Gasteiger partial charge in [0.05, 0.1) is 7.11 Å². The van der Waals surface area contributed by atoms with Gasteiger partial charge in [0.1, 0.15) is 24.0 Å². The zero-order valence-electron chi connectivity index (χ0n) is 10.6. The van der Waals surface area contributed by atoms with Gasteiger partial charge in [0.25, 0.3) is 0 Å². The lowest BCUT2D eigenvalue weighted by Gasteiger charge is -2.17. The summed E-state index contributed by atoms with van der Waals surface area (Å²) in [6, 6.07) is 1.80. The van der Waals surface area contributed by atoms with E-state index < -0.39 is 0 Å². The minimum atomic E-state index is -0.297. The van der Waals surface area contributed by atoms with Gasteiger partial charge in [0, 0.05) is 19.7 Å². The molecule has 0 aliphatic carbocycles. The smallest absolute Gasteiger partial charge is 0.325 e. The zero-order valence-corrected chi connectivity index (χ0v) is 10.6. The van der Waals surface area contributed by atoms with Crippen molar-refractivity contribution in [3.05, 3.63) is 11.9 Å². The maximum atomic E-state index is 11.2. The largest absolute Gasteiger partial charge is 0.468 e. The number of carbonyl (C=O) groups is 1. The van der Waals surface area contributed by atoms with Gasteiger partial charge in [0.15, 0.2) is 0 Å². The molecule has 1 rings (SSSR count). The predicted molar refractivity (Wildman–Crippen MR) is 66.2 cm³/mol. The highest BCUT2D eigenvalue weighted by atomic mass is 16.5. The Balaban J connectivity index is 2.85. The molecule has 0 amide bonds. The number of esters is 1. The van der Waals surface area contributed by atoms with Crippen LogP contribution in [0.3, 0.4) is 0 Å². The minimum absolute atomic E-state index is 0.165. The van der Waals surface area contributed by atoms with Gasteiger partial charge in [-0.05, 0) is 13.8 Å². The van der Waals surface area contributed by atoms with Crippen LogP contribution in [-0.2, 0) is 9.53 Å². The van der Waals surface area contributed by atoms with Crippen LogP contribution in [0.1, 0.15) is 12.7 Å². The Bertz CT molecular complexity index is 395. The van der Waals surface area contributed by atoms with Crippen molar-refractivity contribution in [1.82, 2.24) is 9.97 Å². The Morgan fingerprint density at radius 1 is 1.53 bits per heavy atom. The number of nitrogens with one attached hydrogen (secondary N) is 1. The van der Waals surface area contributed by atoms with Crippen LogP contribution in [-0.4, -0.2) is 43.2 Å². The molecule has 0 bridgehead atoms. The molecule has 1 N–H and O–H groups in total. The number of nitrogens with zero attached hydrogens (tertiary/aromatic N) is 3. The Labute approximate surface area is 101 Å². The first-order chi connectivity index (χ1) is 8.06. The number of ether oxygens (including phenoxy) is 1. The lowest BCUT2D eigenvalue weighted by atomic mass is 10.4. The van der Waals surface area contributed by atoms with Crippen LogP contribution in [0, 0.1) is 6.92 Å². The molecule has 0 aliphatic rings. The van der Waals surface area contributed by atoms with Gasteiger partial charge in [-0.15, -0.1) is 0 Å². The molecule has 6 heteroatoms. The van der Waals surface area contributed by atoms with E-state index in [1.165, 1.54) is 7.11 Å². The number of rotatable bonds is 5.